The zero-order chi connectivity index (χ0) is 11.1. The number of thioether (sulfide) groups is 1. The molecule has 1 amide bonds. The molecule has 0 aromatic heterocycles. The average Bonchev–Trinajstić information content (AvgIpc) is 2.29. The molecule has 0 atom stereocenters. The van der Waals surface area contributed by atoms with Crippen LogP contribution in [0.3, 0.4) is 0 Å². The van der Waals surface area contributed by atoms with Crippen molar-refractivity contribution in [2.24, 2.45) is 5.84 Å². The zero-order valence-corrected chi connectivity index (χ0v) is 9.34. The van der Waals surface area contributed by atoms with E-state index in [1.165, 1.54) is 4.90 Å². The van der Waals surface area contributed by atoms with Crippen LogP contribution in [0.25, 0.3) is 0 Å². The van der Waals surface area contributed by atoms with E-state index in [0.717, 1.165) is 5.75 Å². The molecule has 82 valence electrons. The summed E-state index contributed by atoms with van der Waals surface area (Å²) in [7, 11) is 0. The average molecular weight is 226 g/mol. The Morgan fingerprint density at radius 1 is 1.47 bits per heavy atom. The zero-order valence-electron chi connectivity index (χ0n) is 8.53. The summed E-state index contributed by atoms with van der Waals surface area (Å²) >= 11 is 1.67. The Morgan fingerprint density at radius 3 is 2.67 bits per heavy atom. The van der Waals surface area contributed by atoms with Crippen LogP contribution in [-0.2, 0) is 4.79 Å². The van der Waals surface area contributed by atoms with Crippen LogP contribution in [0.4, 0.5) is 0 Å². The first kappa shape index (κ1) is 11.9. The Hall–Kier alpha value is -1.20. The van der Waals surface area contributed by atoms with Crippen LogP contribution in [0, 0.1) is 0 Å². The number of ether oxygens (including phenoxy) is 1. The highest BCUT2D eigenvalue weighted by Crippen LogP contribution is 2.18. The van der Waals surface area contributed by atoms with E-state index < -0.39 is 0 Å². The van der Waals surface area contributed by atoms with Crippen molar-refractivity contribution < 1.29 is 9.53 Å². The highest BCUT2D eigenvalue weighted by atomic mass is 32.2. The molecule has 1 rings (SSSR count). The van der Waals surface area contributed by atoms with Crippen LogP contribution in [0.5, 0.6) is 5.75 Å². The molecular formula is C10H14N2O2S. The summed E-state index contributed by atoms with van der Waals surface area (Å²) in [5.41, 5.74) is 2.05. The summed E-state index contributed by atoms with van der Waals surface area (Å²) in [6, 6.07) is 7.71. The van der Waals surface area contributed by atoms with Crippen molar-refractivity contribution in [1.82, 2.24) is 5.43 Å². The summed E-state index contributed by atoms with van der Waals surface area (Å²) < 4.78 is 5.35. The smallest absolute Gasteiger partial charge is 0.237 e. The van der Waals surface area contributed by atoms with Gasteiger partial charge in [0.05, 0.1) is 13.0 Å². The standard InChI is InChI=1S/C10H14N2O2S/c1-15-9-4-2-8(3-5-9)14-7-6-10(13)12-11/h2-5H,6-7,11H2,1H3,(H,12,13). The maximum absolute atomic E-state index is 10.8. The van der Waals surface area contributed by atoms with Crippen molar-refractivity contribution in [3.8, 4) is 5.75 Å². The van der Waals surface area contributed by atoms with Gasteiger partial charge in [-0.3, -0.25) is 10.2 Å². The van der Waals surface area contributed by atoms with Crippen molar-refractivity contribution in [3.63, 3.8) is 0 Å². The number of hydrogen-bond acceptors (Lipinski definition) is 4. The molecule has 1 aromatic rings. The fourth-order valence-corrected chi connectivity index (χ4v) is 1.41. The van der Waals surface area contributed by atoms with Gasteiger partial charge in [0.15, 0.2) is 0 Å². The maximum Gasteiger partial charge on any atom is 0.237 e. The molecule has 0 spiro atoms. The first-order valence-electron chi connectivity index (χ1n) is 4.52. The van der Waals surface area contributed by atoms with Crippen LogP contribution in [0.1, 0.15) is 6.42 Å². The minimum atomic E-state index is -0.226. The van der Waals surface area contributed by atoms with Gasteiger partial charge in [0.2, 0.25) is 5.91 Å². The Kier molecular flexibility index (Phi) is 5.00. The molecule has 0 aliphatic heterocycles. The largest absolute Gasteiger partial charge is 0.493 e. The van der Waals surface area contributed by atoms with Crippen molar-refractivity contribution in [3.05, 3.63) is 24.3 Å². The van der Waals surface area contributed by atoms with Gasteiger partial charge in [-0.25, -0.2) is 5.84 Å². The topological polar surface area (TPSA) is 64.3 Å². The monoisotopic (exact) mass is 226 g/mol. The number of amides is 1. The maximum atomic E-state index is 10.8. The van der Waals surface area contributed by atoms with E-state index in [2.05, 4.69) is 0 Å². The van der Waals surface area contributed by atoms with Crippen LogP contribution >= 0.6 is 11.8 Å². The van der Waals surface area contributed by atoms with Crippen LogP contribution in [0.15, 0.2) is 29.2 Å². The lowest BCUT2D eigenvalue weighted by atomic mass is 10.3. The van der Waals surface area contributed by atoms with Gasteiger partial charge in [-0.15, -0.1) is 11.8 Å². The van der Waals surface area contributed by atoms with Crippen LogP contribution < -0.4 is 16.0 Å². The Labute approximate surface area is 93.1 Å². The van der Waals surface area contributed by atoms with Crippen molar-refractivity contribution in [1.29, 1.82) is 0 Å². The molecule has 0 radical (unpaired) electrons. The number of benzene rings is 1. The van der Waals surface area contributed by atoms with Gasteiger partial charge < -0.3 is 4.74 Å². The second kappa shape index (κ2) is 6.31. The fraction of sp³-hybridized carbons (Fsp3) is 0.300. The summed E-state index contributed by atoms with van der Waals surface area (Å²) in [6.45, 7) is 0.335. The molecule has 5 heteroatoms. The molecule has 0 unspecified atom stereocenters. The first-order chi connectivity index (χ1) is 7.26. The van der Waals surface area contributed by atoms with E-state index >= 15 is 0 Å². The molecular weight excluding hydrogens is 212 g/mol. The predicted molar refractivity (Wildman–Crippen MR) is 60.7 cm³/mol. The molecule has 3 N–H and O–H groups in total. The molecule has 1 aromatic carbocycles. The minimum absolute atomic E-state index is 0.226. The minimum Gasteiger partial charge on any atom is -0.493 e. The summed E-state index contributed by atoms with van der Waals surface area (Å²) in [5.74, 6) is 5.47. The first-order valence-corrected chi connectivity index (χ1v) is 5.75. The molecule has 0 saturated carbocycles. The van der Waals surface area contributed by atoms with Gasteiger partial charge in [0.1, 0.15) is 5.75 Å². The van der Waals surface area contributed by atoms with E-state index in [-0.39, 0.29) is 12.3 Å². The number of rotatable bonds is 5. The molecule has 0 saturated heterocycles. The van der Waals surface area contributed by atoms with Gasteiger partial charge >= 0.3 is 0 Å². The van der Waals surface area contributed by atoms with Crippen LogP contribution in [-0.4, -0.2) is 18.8 Å². The number of nitrogens with two attached hydrogens (primary N) is 1. The molecule has 0 aliphatic carbocycles. The summed E-state index contributed by atoms with van der Waals surface area (Å²) in [4.78, 5) is 12.0. The van der Waals surface area contributed by atoms with E-state index in [1.54, 1.807) is 11.8 Å². The molecule has 0 fully saturated rings. The third-order valence-corrected chi connectivity index (χ3v) is 2.56. The lowest BCUT2D eigenvalue weighted by Gasteiger charge is -2.05. The Bertz CT molecular complexity index is 314. The van der Waals surface area contributed by atoms with E-state index in [0.29, 0.717) is 6.61 Å². The molecule has 15 heavy (non-hydrogen) atoms. The lowest BCUT2D eigenvalue weighted by Crippen LogP contribution is -2.31. The van der Waals surface area contributed by atoms with E-state index in [9.17, 15) is 4.79 Å². The molecule has 0 heterocycles. The van der Waals surface area contributed by atoms with Crippen molar-refractivity contribution in [2.75, 3.05) is 12.9 Å². The third-order valence-electron chi connectivity index (χ3n) is 1.82. The van der Waals surface area contributed by atoms with Gasteiger partial charge in [-0.2, -0.15) is 0 Å². The normalized spacial score (nSPS) is 9.73. The van der Waals surface area contributed by atoms with Gasteiger partial charge in [-0.1, -0.05) is 0 Å². The summed E-state index contributed by atoms with van der Waals surface area (Å²) in [6.07, 6.45) is 2.28. The van der Waals surface area contributed by atoms with Crippen LogP contribution in [0.2, 0.25) is 0 Å². The van der Waals surface area contributed by atoms with Gasteiger partial charge in [0.25, 0.3) is 0 Å². The number of carbonyl (C=O) groups excluding carboxylic acids is 1. The number of nitrogens with one attached hydrogen (secondary N) is 1. The molecule has 0 bridgehead atoms. The number of carbonyl (C=O) groups is 1. The SMILES string of the molecule is CSc1ccc(OCCC(=O)NN)cc1. The number of hydrazine groups is 1. The molecule has 4 nitrogen and oxygen atoms in total. The van der Waals surface area contributed by atoms with Crippen molar-refractivity contribution >= 4 is 17.7 Å². The van der Waals surface area contributed by atoms with E-state index in [1.807, 2.05) is 35.9 Å². The highest BCUT2D eigenvalue weighted by molar-refractivity contribution is 7.98. The highest BCUT2D eigenvalue weighted by Gasteiger charge is 1.99. The predicted octanol–water partition coefficient (Wildman–Crippen LogP) is 1.17. The van der Waals surface area contributed by atoms with Gasteiger partial charge in [0, 0.05) is 4.90 Å². The fourth-order valence-electron chi connectivity index (χ4n) is 1.01. The molecule has 0 aliphatic rings. The van der Waals surface area contributed by atoms with E-state index in [4.69, 9.17) is 10.6 Å². The van der Waals surface area contributed by atoms with Crippen molar-refractivity contribution in [2.45, 2.75) is 11.3 Å². The quantitative estimate of drug-likeness (QED) is 0.342. The third kappa shape index (κ3) is 4.22. The van der Waals surface area contributed by atoms with Gasteiger partial charge in [-0.05, 0) is 30.5 Å². The lowest BCUT2D eigenvalue weighted by molar-refractivity contribution is -0.121. The number of hydrogen-bond donors (Lipinski definition) is 2. The second-order valence-corrected chi connectivity index (χ2v) is 3.72. The Morgan fingerprint density at radius 2 is 2.13 bits per heavy atom. The second-order valence-electron chi connectivity index (χ2n) is 2.84. The Balaban J connectivity index is 2.34. The summed E-state index contributed by atoms with van der Waals surface area (Å²) in [5, 5.41) is 0.